The Morgan fingerprint density at radius 2 is 1.88 bits per heavy atom. The molecule has 0 aliphatic heterocycles. The first kappa shape index (κ1) is 21.4. The smallest absolute Gasteiger partial charge is 0.236 e. The molecule has 3 heterocycles. The lowest BCUT2D eigenvalue weighted by Gasteiger charge is -2.10. The van der Waals surface area contributed by atoms with Crippen LogP contribution in [-0.2, 0) is 4.79 Å². The van der Waals surface area contributed by atoms with Crippen molar-refractivity contribution in [3.63, 3.8) is 0 Å². The first-order valence-corrected chi connectivity index (χ1v) is 12.1. The van der Waals surface area contributed by atoms with Gasteiger partial charge in [-0.1, -0.05) is 65.8 Å². The molecule has 3 aromatic heterocycles. The van der Waals surface area contributed by atoms with Crippen molar-refractivity contribution in [3.8, 4) is 28.5 Å². The van der Waals surface area contributed by atoms with Crippen LogP contribution in [0.2, 0.25) is 5.02 Å². The number of aromatic nitrogens is 4. The molecule has 2 aromatic carbocycles. The van der Waals surface area contributed by atoms with Gasteiger partial charge in [0.1, 0.15) is 0 Å². The molecule has 5 aromatic rings. The summed E-state index contributed by atoms with van der Waals surface area (Å²) in [6, 6.07) is 20.8. The molecule has 0 saturated carbocycles. The van der Waals surface area contributed by atoms with Crippen LogP contribution in [0.1, 0.15) is 0 Å². The number of amides is 1. The van der Waals surface area contributed by atoms with Gasteiger partial charge in [-0.05, 0) is 24.3 Å². The first-order chi connectivity index (χ1) is 16.2. The fourth-order valence-corrected chi connectivity index (χ4v) is 4.84. The summed E-state index contributed by atoms with van der Waals surface area (Å²) in [5.41, 5.74) is 2.53. The van der Waals surface area contributed by atoms with Crippen LogP contribution < -0.4 is 5.32 Å². The average molecular weight is 494 g/mol. The van der Waals surface area contributed by atoms with Gasteiger partial charge in [0, 0.05) is 10.9 Å². The third kappa shape index (κ3) is 4.70. The number of nitrogens with one attached hydrogen (secondary N) is 1. The van der Waals surface area contributed by atoms with Gasteiger partial charge in [0.05, 0.1) is 28.4 Å². The number of nitrogens with zero attached hydrogens (tertiary/aromatic N) is 4. The van der Waals surface area contributed by atoms with Crippen LogP contribution in [-0.4, -0.2) is 31.4 Å². The number of rotatable bonds is 7. The molecule has 0 atom stereocenters. The quantitative estimate of drug-likeness (QED) is 0.278. The molecule has 0 unspecified atom stereocenters. The summed E-state index contributed by atoms with van der Waals surface area (Å²) in [4.78, 5) is 17.1. The molecule has 0 aliphatic carbocycles. The second-order valence-corrected chi connectivity index (χ2v) is 9.02. The minimum absolute atomic E-state index is 0.126. The first-order valence-electron chi connectivity index (χ1n) is 9.87. The highest BCUT2D eigenvalue weighted by atomic mass is 35.5. The van der Waals surface area contributed by atoms with Gasteiger partial charge in [-0.3, -0.25) is 9.36 Å². The fraction of sp³-hybridized carbons (Fsp3) is 0.0435. The topological polar surface area (TPSA) is 85.8 Å². The van der Waals surface area contributed by atoms with E-state index in [0.29, 0.717) is 32.6 Å². The highest BCUT2D eigenvalue weighted by molar-refractivity contribution is 7.99. The van der Waals surface area contributed by atoms with Gasteiger partial charge in [0.2, 0.25) is 11.7 Å². The maximum Gasteiger partial charge on any atom is 0.236 e. The van der Waals surface area contributed by atoms with Gasteiger partial charge in [-0.25, -0.2) is 4.98 Å². The molecule has 164 valence electrons. The number of carbonyl (C=O) groups is 1. The third-order valence-electron chi connectivity index (χ3n) is 4.62. The molecule has 0 fully saturated rings. The lowest BCUT2D eigenvalue weighted by Crippen LogP contribution is -2.14. The second kappa shape index (κ2) is 9.62. The highest BCUT2D eigenvalue weighted by Crippen LogP contribution is 2.32. The van der Waals surface area contributed by atoms with Crippen LogP contribution in [0.3, 0.4) is 0 Å². The van der Waals surface area contributed by atoms with E-state index in [1.165, 1.54) is 23.1 Å². The highest BCUT2D eigenvalue weighted by Gasteiger charge is 2.20. The zero-order valence-corrected chi connectivity index (χ0v) is 19.4. The van der Waals surface area contributed by atoms with Gasteiger partial charge in [-0.2, -0.15) is 0 Å². The molecular weight excluding hydrogens is 478 g/mol. The molecule has 33 heavy (non-hydrogen) atoms. The lowest BCUT2D eigenvalue weighted by molar-refractivity contribution is -0.113. The van der Waals surface area contributed by atoms with Gasteiger partial charge in [0.25, 0.3) is 0 Å². The van der Waals surface area contributed by atoms with Crippen LogP contribution in [0.25, 0.3) is 28.5 Å². The molecule has 0 radical (unpaired) electrons. The summed E-state index contributed by atoms with van der Waals surface area (Å²) in [6.45, 7) is 0. The van der Waals surface area contributed by atoms with Crippen molar-refractivity contribution < 1.29 is 9.21 Å². The number of thiazole rings is 1. The Morgan fingerprint density at radius 1 is 1.06 bits per heavy atom. The van der Waals surface area contributed by atoms with E-state index >= 15 is 0 Å². The second-order valence-electron chi connectivity index (χ2n) is 6.81. The van der Waals surface area contributed by atoms with Crippen molar-refractivity contribution in [1.29, 1.82) is 0 Å². The summed E-state index contributed by atoms with van der Waals surface area (Å²) in [5, 5.41) is 14.9. The van der Waals surface area contributed by atoms with Crippen molar-refractivity contribution in [1.82, 2.24) is 19.7 Å². The Kier molecular flexibility index (Phi) is 6.25. The minimum atomic E-state index is -0.192. The average Bonchev–Trinajstić information content (AvgIpc) is 3.59. The zero-order chi connectivity index (χ0) is 22.6. The zero-order valence-electron chi connectivity index (χ0n) is 17.0. The van der Waals surface area contributed by atoms with Gasteiger partial charge in [-0.15, -0.1) is 21.5 Å². The van der Waals surface area contributed by atoms with Gasteiger partial charge in [0.15, 0.2) is 16.0 Å². The Bertz CT molecular complexity index is 1380. The van der Waals surface area contributed by atoms with Gasteiger partial charge < -0.3 is 9.73 Å². The lowest BCUT2D eigenvalue weighted by atomic mass is 10.2. The van der Waals surface area contributed by atoms with E-state index in [1.807, 2.05) is 53.9 Å². The normalized spacial score (nSPS) is 10.9. The number of benzene rings is 2. The molecule has 10 heteroatoms. The molecule has 5 rings (SSSR count). The van der Waals surface area contributed by atoms with Crippen LogP contribution in [0, 0.1) is 0 Å². The Morgan fingerprint density at radius 3 is 2.67 bits per heavy atom. The monoisotopic (exact) mass is 493 g/mol. The molecule has 0 bridgehead atoms. The third-order valence-corrected chi connectivity index (χ3v) is 6.63. The standard InChI is InChI=1S/C23H16ClN5O2S2/c24-16-9-4-5-10-18(16)29-21(19-11-6-12-31-19)27-28-23(29)33-14-20(30)26-22-25-17(13-32-22)15-7-2-1-3-8-15/h1-13H,14H2,(H,25,26,30). The summed E-state index contributed by atoms with van der Waals surface area (Å²) in [5.74, 6) is 0.988. The Labute approximate surface area is 202 Å². The van der Waals surface area contributed by atoms with Crippen LogP contribution in [0.4, 0.5) is 5.13 Å². The van der Waals surface area contributed by atoms with Crippen molar-refractivity contribution in [3.05, 3.63) is 83.4 Å². The fourth-order valence-electron chi connectivity index (χ4n) is 3.14. The minimum Gasteiger partial charge on any atom is -0.461 e. The summed E-state index contributed by atoms with van der Waals surface area (Å²) >= 11 is 9.08. The number of thioether (sulfide) groups is 1. The molecule has 0 aliphatic rings. The van der Waals surface area contributed by atoms with E-state index in [-0.39, 0.29) is 11.7 Å². The van der Waals surface area contributed by atoms with Crippen molar-refractivity contribution in [2.24, 2.45) is 0 Å². The van der Waals surface area contributed by atoms with Gasteiger partial charge >= 0.3 is 0 Å². The Balaban J connectivity index is 1.33. The van der Waals surface area contributed by atoms with E-state index in [0.717, 1.165) is 11.3 Å². The van der Waals surface area contributed by atoms with Crippen molar-refractivity contribution in [2.45, 2.75) is 5.16 Å². The van der Waals surface area contributed by atoms with E-state index in [2.05, 4.69) is 20.5 Å². The van der Waals surface area contributed by atoms with Crippen LogP contribution in [0.5, 0.6) is 0 Å². The summed E-state index contributed by atoms with van der Waals surface area (Å²) < 4.78 is 7.30. The predicted molar refractivity (Wildman–Crippen MR) is 131 cm³/mol. The molecule has 0 saturated heterocycles. The number of anilines is 1. The number of hydrogen-bond acceptors (Lipinski definition) is 7. The number of furan rings is 1. The largest absolute Gasteiger partial charge is 0.461 e. The molecular formula is C23H16ClN5O2S2. The van der Waals surface area contributed by atoms with E-state index < -0.39 is 0 Å². The van der Waals surface area contributed by atoms with Crippen LogP contribution >= 0.6 is 34.7 Å². The maximum atomic E-state index is 12.6. The molecule has 0 spiro atoms. The Hall–Kier alpha value is -3.40. The van der Waals surface area contributed by atoms with Crippen LogP contribution in [0.15, 0.2) is 87.9 Å². The maximum absolute atomic E-state index is 12.6. The molecule has 7 nitrogen and oxygen atoms in total. The number of para-hydroxylation sites is 1. The summed E-state index contributed by atoms with van der Waals surface area (Å²) in [7, 11) is 0. The number of halogens is 1. The molecule has 1 amide bonds. The van der Waals surface area contributed by atoms with E-state index in [4.69, 9.17) is 16.0 Å². The predicted octanol–water partition coefficient (Wildman–Crippen LogP) is 6.04. The summed E-state index contributed by atoms with van der Waals surface area (Å²) in [6.07, 6.45) is 1.57. The number of hydrogen-bond donors (Lipinski definition) is 1. The van der Waals surface area contributed by atoms with Crippen molar-refractivity contribution >= 4 is 45.7 Å². The number of carbonyl (C=O) groups excluding carboxylic acids is 1. The van der Waals surface area contributed by atoms with E-state index in [1.54, 1.807) is 29.0 Å². The molecule has 1 N–H and O–H groups in total. The van der Waals surface area contributed by atoms with Crippen molar-refractivity contribution in [2.75, 3.05) is 11.1 Å². The SMILES string of the molecule is O=C(CSc1nnc(-c2ccco2)n1-c1ccccc1Cl)Nc1nc(-c2ccccc2)cs1. The van der Waals surface area contributed by atoms with E-state index in [9.17, 15) is 4.79 Å².